The first kappa shape index (κ1) is 18.1. The Morgan fingerprint density at radius 1 is 1.27 bits per heavy atom. The number of nitrogens with zero attached hydrogens (tertiary/aromatic N) is 3. The number of rotatable bonds is 4. The summed E-state index contributed by atoms with van der Waals surface area (Å²) in [5.74, 6) is 0.688. The van der Waals surface area contributed by atoms with E-state index in [0.717, 1.165) is 12.0 Å². The molecular formula is C18H20ClN5O2. The number of nitrogens with one attached hydrogen (secondary N) is 2. The normalized spacial score (nSPS) is 16.4. The third-order valence-electron chi connectivity index (χ3n) is 4.30. The average Bonchev–Trinajstić information content (AvgIpc) is 3.07. The first-order chi connectivity index (χ1) is 12.4. The van der Waals surface area contributed by atoms with E-state index in [9.17, 15) is 9.59 Å². The molecule has 2 aromatic rings. The van der Waals surface area contributed by atoms with Crippen molar-refractivity contribution < 1.29 is 9.59 Å². The maximum absolute atomic E-state index is 12.4. The molecule has 3 rings (SSSR count). The van der Waals surface area contributed by atoms with Crippen molar-refractivity contribution in [3.8, 4) is 0 Å². The Kier molecular flexibility index (Phi) is 5.37. The standard InChI is InChI=1S/C18H20ClN5O2/c1-11-9-20-17(19)23-16(11)21-15-7-8-24(10-15)18(26)22-14-5-3-13(4-6-14)12(2)25/h3-6,9,15H,7-8,10H2,1-2H3,(H,22,26)(H,20,21,23). The number of anilines is 2. The third kappa shape index (κ3) is 4.29. The second kappa shape index (κ2) is 7.70. The van der Waals surface area contributed by atoms with Gasteiger partial charge in [0, 0.05) is 42.1 Å². The molecule has 1 saturated heterocycles. The Bertz CT molecular complexity index is 825. The topological polar surface area (TPSA) is 87.2 Å². The molecule has 2 heterocycles. The zero-order valence-electron chi connectivity index (χ0n) is 14.6. The van der Waals surface area contributed by atoms with Crippen LogP contribution in [0.5, 0.6) is 0 Å². The van der Waals surface area contributed by atoms with Gasteiger partial charge >= 0.3 is 6.03 Å². The molecule has 0 saturated carbocycles. The zero-order valence-corrected chi connectivity index (χ0v) is 15.4. The Balaban J connectivity index is 1.57. The number of carbonyl (C=O) groups excluding carboxylic acids is 2. The number of urea groups is 1. The second-order valence-corrected chi connectivity index (χ2v) is 6.65. The molecule has 8 heteroatoms. The van der Waals surface area contributed by atoms with Crippen molar-refractivity contribution in [1.82, 2.24) is 14.9 Å². The average molecular weight is 374 g/mol. The van der Waals surface area contributed by atoms with Crippen molar-refractivity contribution >= 4 is 34.9 Å². The highest BCUT2D eigenvalue weighted by Gasteiger charge is 2.27. The maximum Gasteiger partial charge on any atom is 0.321 e. The van der Waals surface area contributed by atoms with E-state index in [1.54, 1.807) is 35.4 Å². The summed E-state index contributed by atoms with van der Waals surface area (Å²) >= 11 is 5.84. The number of benzene rings is 1. The van der Waals surface area contributed by atoms with Gasteiger partial charge in [-0.1, -0.05) is 0 Å². The number of amides is 2. The Hall–Kier alpha value is -2.67. The van der Waals surface area contributed by atoms with Gasteiger partial charge in [-0.3, -0.25) is 4.79 Å². The van der Waals surface area contributed by atoms with E-state index in [1.807, 2.05) is 6.92 Å². The predicted molar refractivity (Wildman–Crippen MR) is 101 cm³/mol. The van der Waals surface area contributed by atoms with Gasteiger partial charge in [-0.25, -0.2) is 14.8 Å². The fraction of sp³-hybridized carbons (Fsp3) is 0.333. The molecule has 26 heavy (non-hydrogen) atoms. The van der Waals surface area contributed by atoms with Gasteiger partial charge < -0.3 is 15.5 Å². The fourth-order valence-corrected chi connectivity index (χ4v) is 2.95. The molecule has 2 N–H and O–H groups in total. The lowest BCUT2D eigenvalue weighted by molar-refractivity contribution is 0.101. The van der Waals surface area contributed by atoms with Crippen LogP contribution in [0.4, 0.5) is 16.3 Å². The number of likely N-dealkylation sites (tertiary alicyclic amines) is 1. The van der Waals surface area contributed by atoms with E-state index in [-0.39, 0.29) is 23.1 Å². The number of ketones is 1. The highest BCUT2D eigenvalue weighted by atomic mass is 35.5. The molecule has 136 valence electrons. The fourth-order valence-electron chi connectivity index (χ4n) is 2.81. The maximum atomic E-state index is 12.4. The third-order valence-corrected chi connectivity index (χ3v) is 4.48. The van der Waals surface area contributed by atoms with Gasteiger partial charge in [0.05, 0.1) is 0 Å². The highest BCUT2D eigenvalue weighted by Crippen LogP contribution is 2.19. The summed E-state index contributed by atoms with van der Waals surface area (Å²) in [4.78, 5) is 33.6. The summed E-state index contributed by atoms with van der Waals surface area (Å²) in [5, 5.41) is 6.37. The van der Waals surface area contributed by atoms with Gasteiger partial charge in [0.1, 0.15) is 5.82 Å². The SMILES string of the molecule is CC(=O)c1ccc(NC(=O)N2CCC(Nc3nc(Cl)ncc3C)C2)cc1. The van der Waals surface area contributed by atoms with Crippen molar-refractivity contribution in [1.29, 1.82) is 0 Å². The first-order valence-corrected chi connectivity index (χ1v) is 8.73. The monoisotopic (exact) mass is 373 g/mol. The lowest BCUT2D eigenvalue weighted by Crippen LogP contribution is -2.35. The van der Waals surface area contributed by atoms with Crippen LogP contribution in [-0.4, -0.2) is 45.8 Å². The van der Waals surface area contributed by atoms with Crippen molar-refractivity contribution in [2.45, 2.75) is 26.3 Å². The summed E-state index contributed by atoms with van der Waals surface area (Å²) < 4.78 is 0. The summed E-state index contributed by atoms with van der Waals surface area (Å²) in [6.45, 7) is 4.63. The smallest absolute Gasteiger partial charge is 0.321 e. The summed E-state index contributed by atoms with van der Waals surface area (Å²) in [6.07, 6.45) is 2.49. The second-order valence-electron chi connectivity index (χ2n) is 6.31. The molecule has 1 aliphatic heterocycles. The van der Waals surface area contributed by atoms with E-state index in [2.05, 4.69) is 20.6 Å². The molecule has 1 fully saturated rings. The van der Waals surface area contributed by atoms with Gasteiger partial charge in [0.25, 0.3) is 0 Å². The van der Waals surface area contributed by atoms with Crippen LogP contribution in [0.3, 0.4) is 0 Å². The van der Waals surface area contributed by atoms with Crippen LogP contribution < -0.4 is 10.6 Å². The quantitative estimate of drug-likeness (QED) is 0.633. The lowest BCUT2D eigenvalue weighted by Gasteiger charge is -2.18. The summed E-state index contributed by atoms with van der Waals surface area (Å²) in [7, 11) is 0. The van der Waals surface area contributed by atoms with E-state index >= 15 is 0 Å². The minimum absolute atomic E-state index is 0.00328. The molecule has 1 aromatic heterocycles. The first-order valence-electron chi connectivity index (χ1n) is 8.35. The minimum atomic E-state index is -0.165. The van der Waals surface area contributed by atoms with E-state index in [4.69, 9.17) is 11.6 Å². The van der Waals surface area contributed by atoms with Crippen LogP contribution in [0.1, 0.15) is 29.3 Å². The molecule has 1 aromatic carbocycles. The Morgan fingerprint density at radius 2 is 2.00 bits per heavy atom. The zero-order chi connectivity index (χ0) is 18.7. The van der Waals surface area contributed by atoms with Crippen molar-refractivity contribution in [3.05, 3.63) is 46.9 Å². The van der Waals surface area contributed by atoms with Crippen LogP contribution in [-0.2, 0) is 0 Å². The molecule has 2 amide bonds. The molecule has 0 radical (unpaired) electrons. The number of Topliss-reactive ketones (excluding diaryl/α,β-unsaturated/α-hetero) is 1. The van der Waals surface area contributed by atoms with Crippen LogP contribution in [0.15, 0.2) is 30.5 Å². The van der Waals surface area contributed by atoms with Gasteiger partial charge in [0.15, 0.2) is 5.78 Å². The minimum Gasteiger partial charge on any atom is -0.365 e. The Labute approximate surface area is 156 Å². The molecule has 0 aliphatic carbocycles. The van der Waals surface area contributed by atoms with Gasteiger partial charge in [0.2, 0.25) is 5.28 Å². The predicted octanol–water partition coefficient (Wildman–Crippen LogP) is 3.36. The van der Waals surface area contributed by atoms with Crippen molar-refractivity contribution in [2.75, 3.05) is 23.7 Å². The molecular weight excluding hydrogens is 354 g/mol. The van der Waals surface area contributed by atoms with Crippen molar-refractivity contribution in [3.63, 3.8) is 0 Å². The molecule has 1 atom stereocenters. The van der Waals surface area contributed by atoms with Gasteiger partial charge in [-0.2, -0.15) is 0 Å². The van der Waals surface area contributed by atoms with E-state index in [1.165, 1.54) is 6.92 Å². The molecule has 1 aliphatic rings. The van der Waals surface area contributed by atoms with Crippen molar-refractivity contribution in [2.24, 2.45) is 0 Å². The van der Waals surface area contributed by atoms with E-state index in [0.29, 0.717) is 30.2 Å². The summed E-state index contributed by atoms with van der Waals surface area (Å²) in [5.41, 5.74) is 2.19. The van der Waals surface area contributed by atoms with Crippen LogP contribution in [0, 0.1) is 6.92 Å². The summed E-state index contributed by atoms with van der Waals surface area (Å²) in [6, 6.07) is 6.80. The number of carbonyl (C=O) groups is 2. The van der Waals surface area contributed by atoms with Gasteiger partial charge in [-0.05, 0) is 56.1 Å². The van der Waals surface area contributed by atoms with Crippen LogP contribution in [0.25, 0.3) is 0 Å². The number of aryl methyl sites for hydroxylation is 1. The lowest BCUT2D eigenvalue weighted by atomic mass is 10.1. The largest absolute Gasteiger partial charge is 0.365 e. The molecule has 0 spiro atoms. The number of hydrogen-bond acceptors (Lipinski definition) is 5. The Morgan fingerprint density at radius 3 is 2.69 bits per heavy atom. The van der Waals surface area contributed by atoms with Crippen LogP contribution in [0.2, 0.25) is 5.28 Å². The number of aromatic nitrogens is 2. The van der Waals surface area contributed by atoms with Crippen LogP contribution >= 0.6 is 11.6 Å². The van der Waals surface area contributed by atoms with Gasteiger partial charge in [-0.15, -0.1) is 0 Å². The number of halogens is 1. The molecule has 0 bridgehead atoms. The number of hydrogen-bond donors (Lipinski definition) is 2. The van der Waals surface area contributed by atoms with E-state index < -0.39 is 0 Å². The highest BCUT2D eigenvalue weighted by molar-refractivity contribution is 6.28. The molecule has 7 nitrogen and oxygen atoms in total. The molecule has 1 unspecified atom stereocenters.